The van der Waals surface area contributed by atoms with Gasteiger partial charge in [0, 0.05) is 5.57 Å². The Balaban J connectivity index is 1.82. The Hall–Kier alpha value is -2.05. The van der Waals surface area contributed by atoms with Crippen LogP contribution in [0.15, 0.2) is 12.2 Å². The van der Waals surface area contributed by atoms with Crippen LogP contribution in [0.1, 0.15) is 47.5 Å². The van der Waals surface area contributed by atoms with Crippen molar-refractivity contribution >= 4 is 17.9 Å². The van der Waals surface area contributed by atoms with Crippen LogP contribution in [0.2, 0.25) is 0 Å². The van der Waals surface area contributed by atoms with Gasteiger partial charge in [0.2, 0.25) is 5.79 Å². The summed E-state index contributed by atoms with van der Waals surface area (Å²) in [7, 11) is 0. The lowest BCUT2D eigenvalue weighted by atomic mass is 10.0. The fourth-order valence-corrected chi connectivity index (χ4v) is 4.13. The van der Waals surface area contributed by atoms with E-state index < -0.39 is 53.6 Å². The molecule has 3 aliphatic heterocycles. The fraction of sp³-hybridized carbons (Fsp3) is 0.773. The molecule has 2 unspecified atom stereocenters. The highest BCUT2D eigenvalue weighted by molar-refractivity contribution is 5.86. The normalized spacial score (nSPS) is 37.1. The van der Waals surface area contributed by atoms with E-state index >= 15 is 0 Å². The molecule has 11 nitrogen and oxygen atoms in total. The molecule has 0 spiro atoms. The summed E-state index contributed by atoms with van der Waals surface area (Å²) in [6.45, 7) is 11.9. The van der Waals surface area contributed by atoms with Crippen LogP contribution in [0.25, 0.3) is 0 Å². The maximum absolute atomic E-state index is 12.1. The van der Waals surface area contributed by atoms with Gasteiger partial charge in [-0.3, -0.25) is 9.59 Å². The number of fused-ring (bicyclic) bond motifs is 3. The lowest BCUT2D eigenvalue weighted by Crippen LogP contribution is -2.53. The second-order valence-electron chi connectivity index (χ2n) is 8.59. The first kappa shape index (κ1) is 25.6. The van der Waals surface area contributed by atoms with E-state index in [9.17, 15) is 14.4 Å². The van der Waals surface area contributed by atoms with E-state index in [2.05, 4.69) is 6.58 Å². The van der Waals surface area contributed by atoms with Crippen LogP contribution in [0.4, 0.5) is 0 Å². The van der Waals surface area contributed by atoms with Gasteiger partial charge in [-0.25, -0.2) is 4.79 Å². The molecule has 0 aromatic heterocycles. The van der Waals surface area contributed by atoms with E-state index in [1.807, 2.05) is 0 Å². The maximum Gasteiger partial charge on any atom is 0.333 e. The predicted octanol–water partition coefficient (Wildman–Crippen LogP) is 1.37. The van der Waals surface area contributed by atoms with E-state index in [-0.39, 0.29) is 44.8 Å². The van der Waals surface area contributed by atoms with E-state index in [0.29, 0.717) is 0 Å². The monoisotopic (exact) mass is 472 g/mol. The van der Waals surface area contributed by atoms with Crippen molar-refractivity contribution in [3.05, 3.63) is 12.2 Å². The fourth-order valence-electron chi connectivity index (χ4n) is 4.13. The summed E-state index contributed by atoms with van der Waals surface area (Å²) in [5, 5.41) is 0. The summed E-state index contributed by atoms with van der Waals surface area (Å²) in [5.41, 5.74) is 0.202. The number of carbonyl (C=O) groups excluding carboxylic acids is 3. The molecule has 3 saturated heterocycles. The van der Waals surface area contributed by atoms with Crippen molar-refractivity contribution in [2.75, 3.05) is 26.4 Å². The molecule has 0 aromatic rings. The molecule has 0 bridgehead atoms. The summed E-state index contributed by atoms with van der Waals surface area (Å²) in [5.74, 6) is -5.89. The maximum atomic E-state index is 12.1. The predicted molar refractivity (Wildman–Crippen MR) is 109 cm³/mol. The molecule has 0 saturated carbocycles. The number of ether oxygens (including phenoxy) is 8. The van der Waals surface area contributed by atoms with E-state index in [1.54, 1.807) is 27.7 Å². The molecule has 0 radical (unpaired) electrons. The summed E-state index contributed by atoms with van der Waals surface area (Å²) in [6.07, 6.45) is -2.60. The molecule has 11 heteroatoms. The Kier molecular flexibility index (Phi) is 7.49. The highest BCUT2D eigenvalue weighted by Crippen LogP contribution is 2.50. The Labute approximate surface area is 192 Å². The lowest BCUT2D eigenvalue weighted by Gasteiger charge is -2.40. The van der Waals surface area contributed by atoms with Crippen molar-refractivity contribution in [3.63, 3.8) is 0 Å². The lowest BCUT2D eigenvalue weighted by molar-refractivity contribution is -0.338. The van der Waals surface area contributed by atoms with Gasteiger partial charge in [0.1, 0.15) is 24.9 Å². The summed E-state index contributed by atoms with van der Waals surface area (Å²) < 4.78 is 45.6. The van der Waals surface area contributed by atoms with E-state index in [1.165, 1.54) is 6.92 Å². The third-order valence-corrected chi connectivity index (χ3v) is 5.45. The van der Waals surface area contributed by atoms with Crippen LogP contribution in [0.5, 0.6) is 0 Å². The quantitative estimate of drug-likeness (QED) is 0.274. The molecule has 3 heterocycles. The molecule has 0 amide bonds. The van der Waals surface area contributed by atoms with Crippen LogP contribution in [0, 0.1) is 0 Å². The average molecular weight is 472 g/mol. The molecule has 6 atom stereocenters. The Morgan fingerprint density at radius 3 is 2.12 bits per heavy atom. The summed E-state index contributed by atoms with van der Waals surface area (Å²) in [6, 6.07) is 0. The molecule has 33 heavy (non-hydrogen) atoms. The van der Waals surface area contributed by atoms with Crippen LogP contribution in [0.3, 0.4) is 0 Å². The number of hydrogen-bond donors (Lipinski definition) is 0. The molecular formula is C22H32O11. The molecule has 3 fully saturated rings. The largest absolute Gasteiger partial charge is 0.466 e. The molecule has 186 valence electrons. The number of carbonyl (C=O) groups is 3. The second-order valence-corrected chi connectivity index (χ2v) is 8.59. The number of hydrogen-bond acceptors (Lipinski definition) is 11. The van der Waals surface area contributed by atoms with Gasteiger partial charge in [-0.15, -0.1) is 0 Å². The van der Waals surface area contributed by atoms with Gasteiger partial charge in [0.25, 0.3) is 0 Å². The van der Waals surface area contributed by atoms with Gasteiger partial charge in [-0.2, -0.15) is 0 Å². The van der Waals surface area contributed by atoms with E-state index in [0.717, 1.165) is 0 Å². The number of esters is 3. The van der Waals surface area contributed by atoms with Crippen molar-refractivity contribution in [2.45, 2.75) is 83.1 Å². The molecular weight excluding hydrogens is 440 g/mol. The van der Waals surface area contributed by atoms with Crippen molar-refractivity contribution in [1.29, 1.82) is 0 Å². The van der Waals surface area contributed by atoms with Crippen LogP contribution in [-0.4, -0.2) is 80.0 Å². The zero-order chi connectivity index (χ0) is 24.4. The number of rotatable bonds is 9. The Bertz CT molecular complexity index is 797. The Morgan fingerprint density at radius 2 is 1.55 bits per heavy atom. The minimum atomic E-state index is -1.56. The minimum Gasteiger partial charge on any atom is -0.466 e. The topological polar surface area (TPSA) is 125 Å². The first-order chi connectivity index (χ1) is 15.4. The van der Waals surface area contributed by atoms with Crippen molar-refractivity contribution in [1.82, 2.24) is 0 Å². The molecule has 3 rings (SSSR count). The third kappa shape index (κ3) is 5.55. The Morgan fingerprint density at radius 1 is 0.939 bits per heavy atom. The van der Waals surface area contributed by atoms with Crippen LogP contribution < -0.4 is 0 Å². The molecule has 0 aliphatic carbocycles. The van der Waals surface area contributed by atoms with Gasteiger partial charge < -0.3 is 37.9 Å². The van der Waals surface area contributed by atoms with Gasteiger partial charge in [-0.05, 0) is 34.6 Å². The zero-order valence-corrected chi connectivity index (χ0v) is 19.7. The third-order valence-electron chi connectivity index (χ3n) is 5.45. The van der Waals surface area contributed by atoms with Crippen molar-refractivity contribution in [2.24, 2.45) is 0 Å². The van der Waals surface area contributed by atoms with Crippen LogP contribution >= 0.6 is 0 Å². The van der Waals surface area contributed by atoms with Gasteiger partial charge in [0.15, 0.2) is 11.6 Å². The molecule has 0 N–H and O–H groups in total. The first-order valence-corrected chi connectivity index (χ1v) is 11.0. The smallest absolute Gasteiger partial charge is 0.333 e. The van der Waals surface area contributed by atoms with Gasteiger partial charge in [0.05, 0.1) is 32.7 Å². The van der Waals surface area contributed by atoms with Crippen LogP contribution in [-0.2, 0) is 52.3 Å². The standard InChI is InChI=1S/C22H32O11/c1-7-26-15(23)9-20(5)29-11-14-17(31-20)18-22(30-14,12-28-19(25)13(3)4)33-21(6,32-18)10-16(24)27-8-2/h14,17-18H,3,7-12H2,1-2,4-6H3/t14-,17-,18+,20?,21?,22+/m1/s1. The molecule has 3 aliphatic rings. The highest BCUT2D eigenvalue weighted by Gasteiger charge is 2.69. The highest BCUT2D eigenvalue weighted by atomic mass is 16.9. The zero-order valence-electron chi connectivity index (χ0n) is 19.7. The van der Waals surface area contributed by atoms with Crippen molar-refractivity contribution < 1.29 is 52.3 Å². The first-order valence-electron chi connectivity index (χ1n) is 11.0. The molecule has 0 aromatic carbocycles. The summed E-state index contributed by atoms with van der Waals surface area (Å²) >= 11 is 0. The second kappa shape index (κ2) is 9.67. The van der Waals surface area contributed by atoms with Crippen molar-refractivity contribution in [3.8, 4) is 0 Å². The van der Waals surface area contributed by atoms with E-state index in [4.69, 9.17) is 37.9 Å². The summed E-state index contributed by atoms with van der Waals surface area (Å²) in [4.78, 5) is 36.2. The van der Waals surface area contributed by atoms with Gasteiger partial charge in [-0.1, -0.05) is 6.58 Å². The minimum absolute atomic E-state index is 0.0779. The average Bonchev–Trinajstić information content (AvgIpc) is 3.14. The SMILES string of the molecule is C=C(C)C(=O)OC[C@@]12O[C@@H]3COC(C)(CC(=O)OCC)O[C@H]3[C@@H]1OC(C)(CC(=O)OCC)O2. The van der Waals surface area contributed by atoms with Gasteiger partial charge >= 0.3 is 17.9 Å².